The molecule has 2 heterocycles. The van der Waals surface area contributed by atoms with Gasteiger partial charge in [0.05, 0.1) is 23.1 Å². The summed E-state index contributed by atoms with van der Waals surface area (Å²) in [6.45, 7) is 1.96. The van der Waals surface area contributed by atoms with Gasteiger partial charge in [0.15, 0.2) is 0 Å². The number of benzene rings is 1. The van der Waals surface area contributed by atoms with Gasteiger partial charge in [-0.15, -0.1) is 10.2 Å². The fourth-order valence-corrected chi connectivity index (χ4v) is 4.58. The van der Waals surface area contributed by atoms with Crippen LogP contribution >= 0.6 is 11.3 Å². The Labute approximate surface area is 166 Å². The average molecular weight is 399 g/mol. The highest BCUT2D eigenvalue weighted by Gasteiger charge is 2.22. The molecule has 8 heteroatoms. The third-order valence-corrected chi connectivity index (χ3v) is 6.14. The van der Waals surface area contributed by atoms with Crippen LogP contribution in [-0.4, -0.2) is 25.9 Å². The van der Waals surface area contributed by atoms with Crippen LogP contribution in [0.3, 0.4) is 0 Å². The minimum atomic E-state index is -0.308. The Hall–Kier alpha value is -2.61. The van der Waals surface area contributed by atoms with Crippen molar-refractivity contribution in [1.29, 1.82) is 0 Å². The Morgan fingerprint density at radius 3 is 2.68 bits per heavy atom. The first-order valence-electron chi connectivity index (χ1n) is 9.63. The van der Waals surface area contributed by atoms with Crippen molar-refractivity contribution in [3.05, 3.63) is 52.5 Å². The van der Waals surface area contributed by atoms with Crippen LogP contribution in [0.5, 0.6) is 0 Å². The van der Waals surface area contributed by atoms with Crippen LogP contribution in [0.1, 0.15) is 66.0 Å². The minimum Gasteiger partial charge on any atom is -0.296 e. The van der Waals surface area contributed by atoms with Gasteiger partial charge in [0.1, 0.15) is 10.8 Å². The van der Waals surface area contributed by atoms with E-state index in [1.165, 1.54) is 42.7 Å². The second-order valence-corrected chi connectivity index (χ2v) is 7.99. The number of rotatable bonds is 5. The molecule has 1 aliphatic carbocycles. The summed E-state index contributed by atoms with van der Waals surface area (Å²) in [5, 5.41) is 17.2. The van der Waals surface area contributed by atoms with Gasteiger partial charge in [-0.25, -0.2) is 9.07 Å². The molecular formula is C20H22FN5OS. The largest absolute Gasteiger partial charge is 0.296 e. The average Bonchev–Trinajstić information content (AvgIpc) is 3.36. The summed E-state index contributed by atoms with van der Waals surface area (Å²) in [5.74, 6) is -0.0992. The summed E-state index contributed by atoms with van der Waals surface area (Å²) in [6.07, 6.45) is 8.20. The maximum atomic E-state index is 13.2. The first-order valence-corrected chi connectivity index (χ1v) is 10.4. The van der Waals surface area contributed by atoms with E-state index in [1.807, 2.05) is 6.92 Å². The summed E-state index contributed by atoms with van der Waals surface area (Å²) in [6, 6.07) is 6.04. The molecule has 1 amide bonds. The summed E-state index contributed by atoms with van der Waals surface area (Å²) in [7, 11) is 0. The smallest absolute Gasteiger partial charge is 0.260 e. The lowest BCUT2D eigenvalue weighted by Gasteiger charge is -2.18. The SMILES string of the molecule is CCc1c(C(=O)Nc2nnc(C3CCCCC3)s2)cnn1-c1ccc(F)cc1. The van der Waals surface area contributed by atoms with E-state index < -0.39 is 0 Å². The molecule has 1 aliphatic rings. The molecule has 1 saturated carbocycles. The standard InChI is InChI=1S/C20H22FN5OS/c1-2-17-16(12-22-26(17)15-10-8-14(21)9-11-15)18(27)23-20-25-24-19(28-20)13-6-4-3-5-7-13/h8-13H,2-7H2,1H3,(H,23,25,27). The van der Waals surface area contributed by atoms with Gasteiger partial charge in [0.25, 0.3) is 5.91 Å². The van der Waals surface area contributed by atoms with Crippen molar-refractivity contribution in [2.75, 3.05) is 5.32 Å². The van der Waals surface area contributed by atoms with Crippen LogP contribution in [0, 0.1) is 5.82 Å². The van der Waals surface area contributed by atoms with Crippen LogP contribution in [0.4, 0.5) is 9.52 Å². The number of aromatic nitrogens is 4. The number of nitrogens with zero attached hydrogens (tertiary/aromatic N) is 4. The molecule has 1 fully saturated rings. The van der Waals surface area contributed by atoms with E-state index in [1.54, 1.807) is 23.0 Å². The number of halogens is 1. The quantitative estimate of drug-likeness (QED) is 0.673. The van der Waals surface area contributed by atoms with Gasteiger partial charge >= 0.3 is 0 Å². The van der Waals surface area contributed by atoms with Gasteiger partial charge in [0.2, 0.25) is 5.13 Å². The van der Waals surface area contributed by atoms with E-state index >= 15 is 0 Å². The molecule has 0 bridgehead atoms. The fourth-order valence-electron chi connectivity index (χ4n) is 3.67. The molecule has 0 radical (unpaired) electrons. The van der Waals surface area contributed by atoms with E-state index in [9.17, 15) is 9.18 Å². The van der Waals surface area contributed by atoms with Gasteiger partial charge < -0.3 is 0 Å². The first kappa shape index (κ1) is 18.7. The number of anilines is 1. The molecule has 0 aliphatic heterocycles. The van der Waals surface area contributed by atoms with Crippen LogP contribution in [0.25, 0.3) is 5.69 Å². The van der Waals surface area contributed by atoms with Gasteiger partial charge in [-0.05, 0) is 43.5 Å². The number of hydrogen-bond acceptors (Lipinski definition) is 5. The van der Waals surface area contributed by atoms with Crippen molar-refractivity contribution in [3.8, 4) is 5.69 Å². The number of carbonyl (C=O) groups is 1. The molecule has 3 aromatic rings. The van der Waals surface area contributed by atoms with Gasteiger partial charge in [-0.1, -0.05) is 37.5 Å². The van der Waals surface area contributed by atoms with Crippen molar-refractivity contribution in [1.82, 2.24) is 20.0 Å². The Bertz CT molecular complexity index is 959. The molecule has 1 N–H and O–H groups in total. The number of amides is 1. The fraction of sp³-hybridized carbons (Fsp3) is 0.400. The maximum absolute atomic E-state index is 13.2. The molecule has 0 atom stereocenters. The molecule has 28 heavy (non-hydrogen) atoms. The zero-order valence-corrected chi connectivity index (χ0v) is 16.5. The molecule has 0 saturated heterocycles. The normalized spacial score (nSPS) is 14.9. The van der Waals surface area contributed by atoms with Gasteiger partial charge in [-0.2, -0.15) is 5.10 Å². The van der Waals surface area contributed by atoms with Crippen LogP contribution in [0.2, 0.25) is 0 Å². The van der Waals surface area contributed by atoms with Gasteiger partial charge in [-0.3, -0.25) is 10.1 Å². The van der Waals surface area contributed by atoms with Crippen molar-refractivity contribution < 1.29 is 9.18 Å². The van der Waals surface area contributed by atoms with Crippen LogP contribution in [0.15, 0.2) is 30.5 Å². The lowest BCUT2D eigenvalue weighted by molar-refractivity contribution is 0.102. The molecule has 1 aromatic carbocycles. The van der Waals surface area contributed by atoms with Crippen LogP contribution < -0.4 is 5.32 Å². The first-order chi connectivity index (χ1) is 13.7. The monoisotopic (exact) mass is 399 g/mol. The predicted molar refractivity (Wildman–Crippen MR) is 107 cm³/mol. The zero-order valence-electron chi connectivity index (χ0n) is 15.7. The van der Waals surface area contributed by atoms with Crippen molar-refractivity contribution in [2.24, 2.45) is 0 Å². The second kappa shape index (κ2) is 8.18. The lowest BCUT2D eigenvalue weighted by atomic mass is 9.90. The molecule has 0 unspecified atom stereocenters. The van der Waals surface area contributed by atoms with E-state index in [4.69, 9.17) is 0 Å². The third kappa shape index (κ3) is 3.82. The van der Waals surface area contributed by atoms with Crippen LogP contribution in [-0.2, 0) is 6.42 Å². The van der Waals surface area contributed by atoms with Gasteiger partial charge in [0, 0.05) is 5.92 Å². The summed E-state index contributed by atoms with van der Waals surface area (Å²) in [5.41, 5.74) is 1.97. The number of hydrogen-bond donors (Lipinski definition) is 1. The number of nitrogens with one attached hydrogen (secondary N) is 1. The van der Waals surface area contributed by atoms with E-state index in [0.717, 1.165) is 23.5 Å². The summed E-state index contributed by atoms with van der Waals surface area (Å²) < 4.78 is 14.9. The van der Waals surface area contributed by atoms with Crippen molar-refractivity contribution in [3.63, 3.8) is 0 Å². The Kier molecular flexibility index (Phi) is 5.47. The molecule has 4 rings (SSSR count). The van der Waals surface area contributed by atoms with E-state index in [0.29, 0.717) is 28.7 Å². The van der Waals surface area contributed by atoms with Crippen molar-refractivity contribution in [2.45, 2.75) is 51.4 Å². The maximum Gasteiger partial charge on any atom is 0.260 e. The Balaban J connectivity index is 1.52. The highest BCUT2D eigenvalue weighted by molar-refractivity contribution is 7.15. The molecule has 6 nitrogen and oxygen atoms in total. The highest BCUT2D eigenvalue weighted by Crippen LogP contribution is 2.35. The number of carbonyl (C=O) groups excluding carboxylic acids is 1. The summed E-state index contributed by atoms with van der Waals surface area (Å²) >= 11 is 1.46. The Morgan fingerprint density at radius 2 is 1.96 bits per heavy atom. The molecule has 0 spiro atoms. The zero-order chi connectivity index (χ0) is 19.5. The van der Waals surface area contributed by atoms with E-state index in [2.05, 4.69) is 20.6 Å². The van der Waals surface area contributed by atoms with Crippen molar-refractivity contribution >= 4 is 22.4 Å². The minimum absolute atomic E-state index is 0.253. The third-order valence-electron chi connectivity index (χ3n) is 5.14. The van der Waals surface area contributed by atoms with E-state index in [-0.39, 0.29) is 11.7 Å². The Morgan fingerprint density at radius 1 is 1.21 bits per heavy atom. The second-order valence-electron chi connectivity index (χ2n) is 6.98. The topological polar surface area (TPSA) is 72.7 Å². The summed E-state index contributed by atoms with van der Waals surface area (Å²) in [4.78, 5) is 12.8. The lowest BCUT2D eigenvalue weighted by Crippen LogP contribution is -2.14. The molecular weight excluding hydrogens is 377 g/mol. The predicted octanol–water partition coefficient (Wildman–Crippen LogP) is 4.73. The molecule has 2 aromatic heterocycles. The molecule has 146 valence electrons. The highest BCUT2D eigenvalue weighted by atomic mass is 32.1.